The summed E-state index contributed by atoms with van der Waals surface area (Å²) in [4.78, 5) is 17.4. The Labute approximate surface area is 192 Å². The molecule has 2 aromatic heterocycles. The lowest BCUT2D eigenvalue weighted by molar-refractivity contribution is 0.184. The summed E-state index contributed by atoms with van der Waals surface area (Å²) < 4.78 is 35.0. The Morgan fingerprint density at radius 1 is 1.25 bits per heavy atom. The number of aromatic nitrogens is 3. The topological polar surface area (TPSA) is 86.3 Å². The smallest absolute Gasteiger partial charge is 0.164 e. The van der Waals surface area contributed by atoms with E-state index in [0.29, 0.717) is 39.1 Å². The van der Waals surface area contributed by atoms with E-state index >= 15 is 4.39 Å². The summed E-state index contributed by atoms with van der Waals surface area (Å²) >= 11 is 7.46. The summed E-state index contributed by atoms with van der Waals surface area (Å²) in [6.45, 7) is 2.28. The standard InChI is InChI=1S/C22H20ClF2N5OS/c1-21(17-7-22(17,9-31-2)32-20(26)30-21)13-3-11(4-14(24)18(13)25)5-15-19-16(29-10-28-15)6-12(23)8-27-19/h3-4,6,8,10,17H,5,7,9H2,1-2H3,(H2,26,30)/t17-,21+,22+/m0/s1. The molecule has 0 radical (unpaired) electrons. The summed E-state index contributed by atoms with van der Waals surface area (Å²) in [6.07, 6.45) is 3.92. The number of methoxy groups -OCH3 is 1. The van der Waals surface area contributed by atoms with Crippen LogP contribution in [0, 0.1) is 17.6 Å². The first kappa shape index (κ1) is 21.5. The number of hydrogen-bond donors (Lipinski definition) is 1. The van der Waals surface area contributed by atoms with E-state index in [1.807, 2.05) is 6.92 Å². The molecular weight excluding hydrogens is 456 g/mol. The number of aliphatic imine (C=N–C) groups is 1. The molecule has 0 bridgehead atoms. The van der Waals surface area contributed by atoms with Gasteiger partial charge in [-0.2, -0.15) is 0 Å². The zero-order chi connectivity index (χ0) is 22.7. The molecule has 6 nitrogen and oxygen atoms in total. The number of halogens is 3. The van der Waals surface area contributed by atoms with Crippen molar-refractivity contribution in [1.29, 1.82) is 0 Å². The van der Waals surface area contributed by atoms with Gasteiger partial charge >= 0.3 is 0 Å². The molecular formula is C22H20ClF2N5OS. The third kappa shape index (κ3) is 3.43. The molecule has 1 aromatic carbocycles. The largest absolute Gasteiger partial charge is 0.383 e. The first-order valence-corrected chi connectivity index (χ1v) is 11.2. The first-order chi connectivity index (χ1) is 15.3. The molecule has 32 heavy (non-hydrogen) atoms. The molecule has 0 unspecified atom stereocenters. The minimum absolute atomic E-state index is 0.0138. The third-order valence-electron chi connectivity index (χ3n) is 6.26. The molecule has 2 aliphatic rings. The second-order valence-electron chi connectivity index (χ2n) is 8.41. The zero-order valence-electron chi connectivity index (χ0n) is 17.4. The Kier molecular flexibility index (Phi) is 5.11. The lowest BCUT2D eigenvalue weighted by Crippen LogP contribution is -2.38. The number of hydrogen-bond acceptors (Lipinski definition) is 7. The van der Waals surface area contributed by atoms with Gasteiger partial charge in [0.25, 0.3) is 0 Å². The van der Waals surface area contributed by atoms with Crippen molar-refractivity contribution in [2.45, 2.75) is 30.1 Å². The van der Waals surface area contributed by atoms with Crippen molar-refractivity contribution < 1.29 is 13.5 Å². The quantitative estimate of drug-likeness (QED) is 0.594. The summed E-state index contributed by atoms with van der Waals surface area (Å²) in [5, 5.41) is 0.811. The molecule has 3 atom stereocenters. The lowest BCUT2D eigenvalue weighted by Gasteiger charge is -2.34. The molecule has 2 N–H and O–H groups in total. The normalized spacial score (nSPS) is 26.7. The van der Waals surface area contributed by atoms with E-state index in [4.69, 9.17) is 22.1 Å². The number of fused-ring (bicyclic) bond motifs is 2. The van der Waals surface area contributed by atoms with Gasteiger partial charge in [-0.05, 0) is 37.1 Å². The SMILES string of the molecule is COC[C@]12C[C@H]1[C@@](C)(c1cc(Cc3ncnc4cc(Cl)cnc34)cc(F)c1F)N=C(N)S2. The number of amidine groups is 1. The molecule has 10 heteroatoms. The highest BCUT2D eigenvalue weighted by atomic mass is 35.5. The molecule has 1 aliphatic heterocycles. The molecule has 0 spiro atoms. The zero-order valence-corrected chi connectivity index (χ0v) is 19.0. The van der Waals surface area contributed by atoms with Crippen LogP contribution >= 0.6 is 23.4 Å². The van der Waals surface area contributed by atoms with E-state index < -0.39 is 17.2 Å². The maximum atomic E-state index is 15.1. The van der Waals surface area contributed by atoms with Gasteiger partial charge in [0.15, 0.2) is 16.8 Å². The fourth-order valence-electron chi connectivity index (χ4n) is 4.74. The molecule has 1 saturated carbocycles. The Morgan fingerprint density at radius 2 is 2.06 bits per heavy atom. The molecule has 5 rings (SSSR count). The third-order valence-corrected chi connectivity index (χ3v) is 7.75. The van der Waals surface area contributed by atoms with Gasteiger partial charge < -0.3 is 10.5 Å². The monoisotopic (exact) mass is 475 g/mol. The van der Waals surface area contributed by atoms with Gasteiger partial charge in [0.05, 0.1) is 33.1 Å². The average Bonchev–Trinajstić information content (AvgIpc) is 3.45. The van der Waals surface area contributed by atoms with Crippen molar-refractivity contribution in [3.05, 3.63) is 64.2 Å². The Hall–Kier alpha value is -2.36. The lowest BCUT2D eigenvalue weighted by atomic mass is 9.84. The molecule has 1 fully saturated rings. The van der Waals surface area contributed by atoms with Crippen molar-refractivity contribution in [2.75, 3.05) is 13.7 Å². The number of nitrogens with two attached hydrogens (primary N) is 1. The summed E-state index contributed by atoms with van der Waals surface area (Å²) in [7, 11) is 1.62. The fourth-order valence-corrected chi connectivity index (χ4v) is 6.34. The second-order valence-corrected chi connectivity index (χ2v) is 10.3. The fraction of sp³-hybridized carbons (Fsp3) is 0.364. The minimum atomic E-state index is -0.992. The number of rotatable bonds is 5. The summed E-state index contributed by atoms with van der Waals surface area (Å²) in [6, 6.07) is 4.53. The molecule has 3 heterocycles. The van der Waals surface area contributed by atoms with Crippen LogP contribution in [0.5, 0.6) is 0 Å². The second kappa shape index (κ2) is 7.60. The predicted molar refractivity (Wildman–Crippen MR) is 121 cm³/mol. The highest BCUT2D eigenvalue weighted by Gasteiger charge is 2.66. The van der Waals surface area contributed by atoms with Gasteiger partial charge in [-0.3, -0.25) is 9.98 Å². The van der Waals surface area contributed by atoms with E-state index in [1.165, 1.54) is 30.4 Å². The van der Waals surface area contributed by atoms with Crippen LogP contribution in [0.2, 0.25) is 5.02 Å². The minimum Gasteiger partial charge on any atom is -0.383 e. The van der Waals surface area contributed by atoms with E-state index in [0.717, 1.165) is 6.42 Å². The average molecular weight is 476 g/mol. The van der Waals surface area contributed by atoms with Gasteiger partial charge in [0.2, 0.25) is 0 Å². The maximum absolute atomic E-state index is 15.1. The van der Waals surface area contributed by atoms with E-state index in [1.54, 1.807) is 19.2 Å². The van der Waals surface area contributed by atoms with Crippen LogP contribution in [0.1, 0.15) is 30.2 Å². The van der Waals surface area contributed by atoms with Gasteiger partial charge in [-0.1, -0.05) is 23.4 Å². The van der Waals surface area contributed by atoms with Crippen molar-refractivity contribution in [3.8, 4) is 0 Å². The molecule has 0 amide bonds. The maximum Gasteiger partial charge on any atom is 0.164 e. The highest BCUT2D eigenvalue weighted by Crippen LogP contribution is 2.66. The molecule has 166 valence electrons. The van der Waals surface area contributed by atoms with E-state index in [2.05, 4.69) is 19.9 Å². The van der Waals surface area contributed by atoms with E-state index in [9.17, 15) is 4.39 Å². The van der Waals surface area contributed by atoms with E-state index in [-0.39, 0.29) is 22.6 Å². The van der Waals surface area contributed by atoms with Crippen LogP contribution in [0.25, 0.3) is 11.0 Å². The van der Waals surface area contributed by atoms with Crippen LogP contribution < -0.4 is 5.73 Å². The Bertz CT molecular complexity index is 1270. The summed E-state index contributed by atoms with van der Waals surface area (Å²) in [5.74, 6) is -1.85. The first-order valence-electron chi connectivity index (χ1n) is 10.0. The van der Waals surface area contributed by atoms with Crippen molar-refractivity contribution >= 4 is 39.6 Å². The number of benzene rings is 1. The highest BCUT2D eigenvalue weighted by molar-refractivity contribution is 8.15. The molecule has 1 aliphatic carbocycles. The Morgan fingerprint density at radius 3 is 2.84 bits per heavy atom. The predicted octanol–water partition coefficient (Wildman–Crippen LogP) is 4.23. The van der Waals surface area contributed by atoms with Gasteiger partial charge in [-0.15, -0.1) is 0 Å². The number of pyridine rings is 1. The number of ether oxygens (including phenoxy) is 1. The number of nitrogens with zero attached hydrogens (tertiary/aromatic N) is 4. The summed E-state index contributed by atoms with van der Waals surface area (Å²) in [5.41, 5.74) is 7.60. The van der Waals surface area contributed by atoms with Gasteiger partial charge in [0, 0.05) is 31.2 Å². The van der Waals surface area contributed by atoms with Gasteiger partial charge in [0.1, 0.15) is 11.8 Å². The van der Waals surface area contributed by atoms with Crippen LogP contribution in [-0.2, 0) is 16.7 Å². The van der Waals surface area contributed by atoms with Crippen molar-refractivity contribution in [2.24, 2.45) is 16.6 Å². The van der Waals surface area contributed by atoms with Gasteiger partial charge in [-0.25, -0.2) is 18.7 Å². The van der Waals surface area contributed by atoms with Crippen LogP contribution in [0.3, 0.4) is 0 Å². The Balaban J connectivity index is 1.57. The van der Waals surface area contributed by atoms with Crippen LogP contribution in [0.15, 0.2) is 35.7 Å². The van der Waals surface area contributed by atoms with Crippen molar-refractivity contribution in [1.82, 2.24) is 15.0 Å². The van der Waals surface area contributed by atoms with Crippen LogP contribution in [-0.4, -0.2) is 38.6 Å². The molecule has 0 saturated heterocycles. The van der Waals surface area contributed by atoms with Crippen molar-refractivity contribution in [3.63, 3.8) is 0 Å². The van der Waals surface area contributed by atoms with Crippen LogP contribution in [0.4, 0.5) is 8.78 Å². The number of thioether (sulfide) groups is 1. The molecule has 3 aromatic rings.